The number of aliphatic hydroxyl groups is 1. The number of benzene rings is 2. The fraction of sp³-hybridized carbons (Fsp3) is 0.368. The highest BCUT2D eigenvalue weighted by Crippen LogP contribution is 2.35. The minimum Gasteiger partial charge on any atom is -0.508 e. The van der Waals surface area contributed by atoms with Crippen LogP contribution in [0.15, 0.2) is 53.8 Å². The minimum atomic E-state index is -1.02. The summed E-state index contributed by atoms with van der Waals surface area (Å²) in [6, 6.07) is 13.7. The van der Waals surface area contributed by atoms with Crippen molar-refractivity contribution in [3.63, 3.8) is 0 Å². The number of aliphatic hydroxyl groups excluding tert-OH is 1. The first kappa shape index (κ1) is 19.4. The van der Waals surface area contributed by atoms with Crippen molar-refractivity contribution >= 4 is 0 Å². The van der Waals surface area contributed by atoms with Crippen LogP contribution in [0.3, 0.4) is 0 Å². The van der Waals surface area contributed by atoms with Crippen molar-refractivity contribution in [1.29, 1.82) is 0 Å². The van der Waals surface area contributed by atoms with Crippen LogP contribution in [-0.4, -0.2) is 23.4 Å². The van der Waals surface area contributed by atoms with Crippen LogP contribution >= 0.6 is 0 Å². The molecule has 2 aromatic rings. The van der Waals surface area contributed by atoms with Gasteiger partial charge in [0.1, 0.15) is 16.8 Å². The van der Waals surface area contributed by atoms with Crippen LogP contribution in [0.1, 0.15) is 31.9 Å². The molecule has 0 aliphatic rings. The summed E-state index contributed by atoms with van der Waals surface area (Å²) in [5, 5.41) is 22.1. The van der Waals surface area contributed by atoms with Crippen molar-refractivity contribution in [2.75, 3.05) is 13.2 Å². The first-order valence-corrected chi connectivity index (χ1v) is 8.17. The van der Waals surface area contributed by atoms with E-state index in [0.29, 0.717) is 12.4 Å². The van der Waals surface area contributed by atoms with Gasteiger partial charge in [-0.05, 0) is 36.7 Å². The van der Waals surface area contributed by atoms with Crippen molar-refractivity contribution in [3.05, 3.63) is 70.1 Å². The highest BCUT2D eigenvalue weighted by atomic mass is 16.7. The molecule has 1 unspecified atom stereocenters. The highest BCUT2D eigenvalue weighted by molar-refractivity contribution is 5.40. The lowest BCUT2D eigenvalue weighted by atomic mass is 9.88. The van der Waals surface area contributed by atoms with Gasteiger partial charge in [-0.25, -0.2) is 0 Å². The third kappa shape index (κ3) is 4.59. The lowest BCUT2D eigenvalue weighted by molar-refractivity contribution is -0.00452. The molecule has 0 bridgehead atoms. The molecule has 0 saturated carbocycles. The summed E-state index contributed by atoms with van der Waals surface area (Å²) in [5.74, 6) is 0.794. The summed E-state index contributed by atoms with van der Waals surface area (Å²) >= 11 is 0. The van der Waals surface area contributed by atoms with E-state index in [9.17, 15) is 10.2 Å². The molecule has 0 saturated heterocycles. The Morgan fingerprint density at radius 2 is 1.54 bits per heavy atom. The highest BCUT2D eigenvalue weighted by Gasteiger charge is 2.31. The maximum absolute atomic E-state index is 9.49. The van der Waals surface area contributed by atoms with Crippen LogP contribution in [0.4, 0.5) is 0 Å². The maximum Gasteiger partial charge on any atom is 0.165 e. The molecular formula is C19H23N3O4. The topological polar surface area (TPSA) is 108 Å². The lowest BCUT2D eigenvalue weighted by Crippen LogP contribution is -2.26. The predicted molar refractivity (Wildman–Crippen MR) is 97.6 cm³/mol. The summed E-state index contributed by atoms with van der Waals surface area (Å²) in [6.07, 6.45) is 0. The zero-order valence-electron chi connectivity index (χ0n) is 15.1. The monoisotopic (exact) mass is 357 g/mol. The molecule has 2 aromatic carbocycles. The average Bonchev–Trinajstić information content (AvgIpc) is 2.65. The number of hydrogen-bond donors (Lipinski definition) is 2. The molecule has 0 radical (unpaired) electrons. The minimum absolute atomic E-state index is 0.0318. The van der Waals surface area contributed by atoms with Gasteiger partial charge in [0, 0.05) is 21.5 Å². The lowest BCUT2D eigenvalue weighted by Gasteiger charge is -2.29. The van der Waals surface area contributed by atoms with E-state index < -0.39 is 5.60 Å². The van der Waals surface area contributed by atoms with Crippen molar-refractivity contribution in [1.82, 2.24) is 0 Å². The molecule has 0 heterocycles. The predicted octanol–water partition coefficient (Wildman–Crippen LogP) is 4.29. The number of rotatable bonds is 8. The second-order valence-electron chi connectivity index (χ2n) is 6.98. The van der Waals surface area contributed by atoms with E-state index in [4.69, 9.17) is 15.1 Å². The van der Waals surface area contributed by atoms with Crippen LogP contribution in [0, 0.1) is 5.41 Å². The van der Waals surface area contributed by atoms with E-state index in [-0.39, 0.29) is 17.8 Å². The zero-order chi connectivity index (χ0) is 19.2. The van der Waals surface area contributed by atoms with Crippen molar-refractivity contribution in [2.24, 2.45) is 10.7 Å². The molecule has 26 heavy (non-hydrogen) atoms. The van der Waals surface area contributed by atoms with Crippen molar-refractivity contribution in [3.8, 4) is 11.5 Å². The first-order valence-electron chi connectivity index (χ1n) is 8.17. The summed E-state index contributed by atoms with van der Waals surface area (Å²) in [4.78, 5) is 8.09. The molecule has 7 heteroatoms. The van der Waals surface area contributed by atoms with Gasteiger partial charge in [0.2, 0.25) is 0 Å². The van der Waals surface area contributed by atoms with Crippen LogP contribution in [0.25, 0.3) is 10.4 Å². The molecule has 0 amide bonds. The Balaban J connectivity index is 2.28. The van der Waals surface area contributed by atoms with Gasteiger partial charge in [-0.3, -0.25) is 0 Å². The van der Waals surface area contributed by atoms with E-state index in [2.05, 4.69) is 10.2 Å². The Kier molecular flexibility index (Phi) is 5.97. The Morgan fingerprint density at radius 3 is 2.04 bits per heavy atom. The molecule has 0 aliphatic carbocycles. The van der Waals surface area contributed by atoms with Gasteiger partial charge in [-0.2, -0.15) is 0 Å². The van der Waals surface area contributed by atoms with Crippen molar-refractivity contribution < 1.29 is 19.8 Å². The SMILES string of the molecule is CC(C)(CO)COc1ccc(C(C)(ON=[N+]=[N-])c2ccc(O)cc2)cc1. The summed E-state index contributed by atoms with van der Waals surface area (Å²) in [5.41, 5.74) is 8.75. The van der Waals surface area contributed by atoms with Gasteiger partial charge in [-0.15, -0.1) is 0 Å². The fourth-order valence-corrected chi connectivity index (χ4v) is 2.35. The summed E-state index contributed by atoms with van der Waals surface area (Å²) in [6.45, 7) is 6.02. The van der Waals surface area contributed by atoms with Gasteiger partial charge in [-0.1, -0.05) is 38.1 Å². The number of ether oxygens (including phenoxy) is 1. The third-order valence-electron chi connectivity index (χ3n) is 4.14. The van der Waals surface area contributed by atoms with E-state index in [1.807, 2.05) is 26.0 Å². The Bertz CT molecular complexity index is 768. The molecule has 0 aromatic heterocycles. The summed E-state index contributed by atoms with van der Waals surface area (Å²) < 4.78 is 5.72. The molecule has 2 N–H and O–H groups in total. The Labute approximate surface area is 152 Å². The van der Waals surface area contributed by atoms with Crippen LogP contribution in [0.2, 0.25) is 0 Å². The normalized spacial score (nSPS) is 13.4. The van der Waals surface area contributed by atoms with Crippen LogP contribution in [-0.2, 0) is 10.4 Å². The second kappa shape index (κ2) is 7.99. The summed E-state index contributed by atoms with van der Waals surface area (Å²) in [7, 11) is 0. The quantitative estimate of drug-likeness (QED) is 0.318. The number of phenolic OH excluding ortho intramolecular Hbond substituents is 1. The van der Waals surface area contributed by atoms with Crippen LogP contribution < -0.4 is 4.74 Å². The van der Waals surface area contributed by atoms with E-state index in [1.54, 1.807) is 43.3 Å². The van der Waals surface area contributed by atoms with E-state index >= 15 is 0 Å². The third-order valence-corrected chi connectivity index (χ3v) is 4.14. The number of hydrogen-bond acceptors (Lipinski definition) is 5. The molecule has 0 aliphatic heterocycles. The standard InChI is InChI=1S/C19H23N3O4/c1-18(2,12-23)13-25-17-10-6-15(7-11-17)19(3,26-22-21-20)14-4-8-16(24)9-5-14/h4-11,23-24H,12-13H2,1-3H3. The van der Waals surface area contributed by atoms with Gasteiger partial charge in [0.15, 0.2) is 5.60 Å². The largest absolute Gasteiger partial charge is 0.508 e. The van der Waals surface area contributed by atoms with E-state index in [1.165, 1.54) is 0 Å². The van der Waals surface area contributed by atoms with E-state index in [0.717, 1.165) is 11.1 Å². The molecule has 0 spiro atoms. The fourth-order valence-electron chi connectivity index (χ4n) is 2.35. The molecule has 138 valence electrons. The Hall–Kier alpha value is -2.89. The van der Waals surface area contributed by atoms with Crippen molar-refractivity contribution in [2.45, 2.75) is 26.4 Å². The molecule has 0 fully saturated rings. The maximum atomic E-state index is 9.49. The number of phenols is 1. The molecule has 7 nitrogen and oxygen atoms in total. The second-order valence-corrected chi connectivity index (χ2v) is 6.98. The average molecular weight is 357 g/mol. The molecule has 1 atom stereocenters. The first-order chi connectivity index (χ1) is 12.3. The van der Waals surface area contributed by atoms with Gasteiger partial charge in [0.05, 0.1) is 13.2 Å². The molecular weight excluding hydrogens is 334 g/mol. The van der Waals surface area contributed by atoms with Gasteiger partial charge >= 0.3 is 0 Å². The van der Waals surface area contributed by atoms with Crippen LogP contribution in [0.5, 0.6) is 11.5 Å². The van der Waals surface area contributed by atoms with Gasteiger partial charge in [0.25, 0.3) is 0 Å². The number of nitrogens with zero attached hydrogens (tertiary/aromatic N) is 3. The zero-order valence-corrected chi connectivity index (χ0v) is 15.1. The number of aromatic hydroxyl groups is 1. The number of azide groups is 1. The smallest absolute Gasteiger partial charge is 0.165 e. The Morgan fingerprint density at radius 1 is 1.00 bits per heavy atom. The molecule has 2 rings (SSSR count). The van der Waals surface area contributed by atoms with Gasteiger partial charge < -0.3 is 19.8 Å².